The standard InChI is InChI=1S/C25H27NO6/c1-29-21-7-2-3-8-22(21)32-18-6-4-5-16(11-18)20(27)12-17-13-30-24-19(14-31-23(17)24)26-25(28)15-9-10-15/h2-8,11,15,17,19,23-24H,9-10,12-14H2,1H3,(H,26,28)/t17-,19-,23+,24+/m0/s1. The van der Waals surface area contributed by atoms with Crippen LogP contribution in [0.1, 0.15) is 29.6 Å². The Morgan fingerprint density at radius 3 is 2.56 bits per heavy atom. The summed E-state index contributed by atoms with van der Waals surface area (Å²) in [6.45, 7) is 0.884. The number of carbonyl (C=O) groups is 2. The zero-order chi connectivity index (χ0) is 22.1. The summed E-state index contributed by atoms with van der Waals surface area (Å²) in [5, 5.41) is 3.06. The molecule has 1 saturated carbocycles. The molecule has 1 amide bonds. The van der Waals surface area contributed by atoms with Crippen LogP contribution >= 0.6 is 0 Å². The van der Waals surface area contributed by atoms with Gasteiger partial charge in [-0.2, -0.15) is 0 Å². The number of carbonyl (C=O) groups excluding carboxylic acids is 2. The molecule has 2 heterocycles. The van der Waals surface area contributed by atoms with Gasteiger partial charge in [-0.05, 0) is 37.1 Å². The van der Waals surface area contributed by atoms with Gasteiger partial charge < -0.3 is 24.3 Å². The molecule has 32 heavy (non-hydrogen) atoms. The van der Waals surface area contributed by atoms with Crippen molar-refractivity contribution in [2.24, 2.45) is 11.8 Å². The van der Waals surface area contributed by atoms with E-state index in [2.05, 4.69) is 5.32 Å². The number of para-hydroxylation sites is 2. The van der Waals surface area contributed by atoms with Gasteiger partial charge in [-0.25, -0.2) is 0 Å². The molecule has 2 aliphatic heterocycles. The number of nitrogens with one attached hydrogen (secondary N) is 1. The van der Waals surface area contributed by atoms with Crippen molar-refractivity contribution in [2.45, 2.75) is 37.5 Å². The number of rotatable bonds is 8. The van der Waals surface area contributed by atoms with Crippen LogP contribution in [-0.2, 0) is 14.3 Å². The fraction of sp³-hybridized carbons (Fsp3) is 0.440. The van der Waals surface area contributed by atoms with Gasteiger partial charge in [-0.1, -0.05) is 24.3 Å². The molecule has 3 aliphatic rings. The lowest BCUT2D eigenvalue weighted by atomic mass is 9.92. The zero-order valence-corrected chi connectivity index (χ0v) is 18.0. The lowest BCUT2D eigenvalue weighted by Crippen LogP contribution is -2.44. The molecule has 0 unspecified atom stereocenters. The van der Waals surface area contributed by atoms with Crippen molar-refractivity contribution in [1.29, 1.82) is 0 Å². The van der Waals surface area contributed by atoms with E-state index in [1.165, 1.54) is 0 Å². The number of Topliss-reactive ketones (excluding diaryl/α,β-unsaturated/α-hetero) is 1. The highest BCUT2D eigenvalue weighted by Gasteiger charge is 2.49. The van der Waals surface area contributed by atoms with Crippen molar-refractivity contribution >= 4 is 11.7 Å². The average molecular weight is 437 g/mol. The molecular weight excluding hydrogens is 410 g/mol. The van der Waals surface area contributed by atoms with Gasteiger partial charge in [-0.15, -0.1) is 0 Å². The van der Waals surface area contributed by atoms with E-state index in [4.69, 9.17) is 18.9 Å². The molecule has 3 fully saturated rings. The molecule has 0 bridgehead atoms. The van der Waals surface area contributed by atoms with Crippen molar-refractivity contribution in [1.82, 2.24) is 5.32 Å². The van der Waals surface area contributed by atoms with Crippen molar-refractivity contribution in [2.75, 3.05) is 20.3 Å². The molecular formula is C25H27NO6. The summed E-state index contributed by atoms with van der Waals surface area (Å²) in [6.07, 6.45) is 1.89. The van der Waals surface area contributed by atoms with Gasteiger partial charge >= 0.3 is 0 Å². The smallest absolute Gasteiger partial charge is 0.223 e. The van der Waals surface area contributed by atoms with Crippen LogP contribution in [0.3, 0.4) is 0 Å². The number of hydrogen-bond acceptors (Lipinski definition) is 6. The van der Waals surface area contributed by atoms with Crippen molar-refractivity contribution in [3.05, 3.63) is 54.1 Å². The molecule has 0 radical (unpaired) electrons. The van der Waals surface area contributed by atoms with Crippen LogP contribution in [-0.4, -0.2) is 50.3 Å². The number of benzene rings is 2. The van der Waals surface area contributed by atoms with Crippen LogP contribution in [0.25, 0.3) is 0 Å². The monoisotopic (exact) mass is 437 g/mol. The fourth-order valence-corrected chi connectivity index (χ4v) is 4.44. The van der Waals surface area contributed by atoms with E-state index in [0.29, 0.717) is 42.4 Å². The van der Waals surface area contributed by atoms with Crippen LogP contribution in [0, 0.1) is 11.8 Å². The molecule has 1 aliphatic carbocycles. The van der Waals surface area contributed by atoms with Gasteiger partial charge in [0.15, 0.2) is 17.3 Å². The molecule has 0 spiro atoms. The minimum Gasteiger partial charge on any atom is -0.493 e. The van der Waals surface area contributed by atoms with Crippen LogP contribution in [0.5, 0.6) is 17.2 Å². The van der Waals surface area contributed by atoms with Gasteiger partial charge in [0.25, 0.3) is 0 Å². The molecule has 4 atom stereocenters. The normalized spacial score (nSPS) is 26.4. The summed E-state index contributed by atoms with van der Waals surface area (Å²) in [7, 11) is 1.59. The Morgan fingerprint density at radius 2 is 1.78 bits per heavy atom. The third kappa shape index (κ3) is 4.36. The molecule has 7 nitrogen and oxygen atoms in total. The van der Waals surface area contributed by atoms with E-state index in [1.807, 2.05) is 30.3 Å². The summed E-state index contributed by atoms with van der Waals surface area (Å²) in [5.41, 5.74) is 0.581. The second-order valence-corrected chi connectivity index (χ2v) is 8.65. The maximum absolute atomic E-state index is 13.0. The molecule has 2 saturated heterocycles. The topological polar surface area (TPSA) is 83.1 Å². The van der Waals surface area contributed by atoms with Gasteiger partial charge in [-0.3, -0.25) is 9.59 Å². The third-order valence-corrected chi connectivity index (χ3v) is 6.33. The van der Waals surface area contributed by atoms with Gasteiger partial charge in [0.05, 0.1) is 32.5 Å². The Hall–Kier alpha value is -2.90. The summed E-state index contributed by atoms with van der Waals surface area (Å²) in [6, 6.07) is 14.4. The lowest BCUT2D eigenvalue weighted by molar-refractivity contribution is -0.123. The number of methoxy groups -OCH3 is 1. The van der Waals surface area contributed by atoms with Gasteiger partial charge in [0.1, 0.15) is 11.9 Å². The molecule has 2 aromatic carbocycles. The van der Waals surface area contributed by atoms with E-state index >= 15 is 0 Å². The van der Waals surface area contributed by atoms with Crippen LogP contribution in [0.2, 0.25) is 0 Å². The SMILES string of the molecule is COc1ccccc1Oc1cccc(C(=O)C[C@H]2CO[C@H]3[C@@H]2OC[C@@H]3NC(=O)C2CC2)c1. The maximum Gasteiger partial charge on any atom is 0.223 e. The minimum atomic E-state index is -0.185. The molecule has 5 rings (SSSR count). The Kier molecular flexibility index (Phi) is 5.85. The van der Waals surface area contributed by atoms with E-state index in [9.17, 15) is 9.59 Å². The molecule has 1 N–H and O–H groups in total. The fourth-order valence-electron chi connectivity index (χ4n) is 4.44. The number of ketones is 1. The number of ether oxygens (including phenoxy) is 4. The minimum absolute atomic E-state index is 0.0128. The summed E-state index contributed by atoms with van der Waals surface area (Å²) in [4.78, 5) is 25.1. The summed E-state index contributed by atoms with van der Waals surface area (Å²) >= 11 is 0. The highest BCUT2D eigenvalue weighted by atomic mass is 16.6. The summed E-state index contributed by atoms with van der Waals surface area (Å²) < 4.78 is 23.1. The number of fused-ring (bicyclic) bond motifs is 1. The first-order valence-electron chi connectivity index (χ1n) is 11.1. The first-order valence-corrected chi connectivity index (χ1v) is 11.1. The first kappa shape index (κ1) is 21.0. The summed E-state index contributed by atoms with van der Waals surface area (Å²) in [5.74, 6) is 2.01. The molecule has 168 valence electrons. The molecule has 2 aromatic rings. The Balaban J connectivity index is 1.21. The second kappa shape index (κ2) is 8.92. The van der Waals surface area contributed by atoms with Gasteiger partial charge in [0.2, 0.25) is 5.91 Å². The quantitative estimate of drug-likeness (QED) is 0.638. The number of hydrogen-bond donors (Lipinski definition) is 1. The maximum atomic E-state index is 13.0. The van der Waals surface area contributed by atoms with Crippen LogP contribution in [0.4, 0.5) is 0 Å². The van der Waals surface area contributed by atoms with E-state index in [1.54, 1.807) is 25.3 Å². The van der Waals surface area contributed by atoms with Crippen LogP contribution in [0.15, 0.2) is 48.5 Å². The predicted molar refractivity (Wildman–Crippen MR) is 116 cm³/mol. The van der Waals surface area contributed by atoms with E-state index in [-0.39, 0.29) is 41.8 Å². The lowest BCUT2D eigenvalue weighted by Gasteiger charge is -2.17. The Bertz CT molecular complexity index is 1000. The first-order chi connectivity index (χ1) is 15.6. The highest BCUT2D eigenvalue weighted by molar-refractivity contribution is 5.96. The van der Waals surface area contributed by atoms with Crippen LogP contribution < -0.4 is 14.8 Å². The van der Waals surface area contributed by atoms with E-state index < -0.39 is 0 Å². The average Bonchev–Trinajstić information content (AvgIpc) is 3.49. The molecule has 7 heteroatoms. The highest BCUT2D eigenvalue weighted by Crippen LogP contribution is 2.36. The number of amides is 1. The Labute approximate surface area is 187 Å². The van der Waals surface area contributed by atoms with Crippen molar-refractivity contribution in [3.8, 4) is 17.2 Å². The van der Waals surface area contributed by atoms with Crippen molar-refractivity contribution < 1.29 is 28.5 Å². The molecule has 0 aromatic heterocycles. The van der Waals surface area contributed by atoms with Crippen molar-refractivity contribution in [3.63, 3.8) is 0 Å². The largest absolute Gasteiger partial charge is 0.493 e. The van der Waals surface area contributed by atoms with Gasteiger partial charge in [0, 0.05) is 23.8 Å². The second-order valence-electron chi connectivity index (χ2n) is 8.65. The predicted octanol–water partition coefficient (Wildman–Crippen LogP) is 3.37. The zero-order valence-electron chi connectivity index (χ0n) is 18.0. The Morgan fingerprint density at radius 1 is 1.00 bits per heavy atom. The van der Waals surface area contributed by atoms with E-state index in [0.717, 1.165) is 12.8 Å². The third-order valence-electron chi connectivity index (χ3n) is 6.33.